The van der Waals surface area contributed by atoms with E-state index >= 15 is 0 Å². The quantitative estimate of drug-likeness (QED) is 0.341. The second-order valence-corrected chi connectivity index (χ2v) is 7.41. The SMILES string of the molecule is O=C(/C=C/c1ccc(-c2cccc(O)c2)cc1)/C=C/c1ccc(-c2cccc(O)c2)cc1. The van der Waals surface area contributed by atoms with E-state index in [1.807, 2.05) is 72.8 Å². The Hall–Kier alpha value is -4.37. The first-order chi connectivity index (χ1) is 15.6. The Morgan fingerprint density at radius 1 is 0.531 bits per heavy atom. The topological polar surface area (TPSA) is 57.5 Å². The summed E-state index contributed by atoms with van der Waals surface area (Å²) in [6, 6.07) is 29.8. The van der Waals surface area contributed by atoms with Crippen molar-refractivity contribution in [1.82, 2.24) is 0 Å². The third-order valence-corrected chi connectivity index (χ3v) is 5.06. The van der Waals surface area contributed by atoms with Crippen LogP contribution in [0.3, 0.4) is 0 Å². The van der Waals surface area contributed by atoms with Crippen molar-refractivity contribution >= 4 is 17.9 Å². The van der Waals surface area contributed by atoms with Crippen LogP contribution in [0.5, 0.6) is 11.5 Å². The van der Waals surface area contributed by atoms with E-state index in [0.29, 0.717) is 0 Å². The zero-order valence-corrected chi connectivity index (χ0v) is 17.3. The molecule has 3 heteroatoms. The summed E-state index contributed by atoms with van der Waals surface area (Å²) in [4.78, 5) is 12.2. The second-order valence-electron chi connectivity index (χ2n) is 7.41. The van der Waals surface area contributed by atoms with Crippen molar-refractivity contribution in [2.75, 3.05) is 0 Å². The van der Waals surface area contributed by atoms with Gasteiger partial charge in [-0.15, -0.1) is 0 Å². The van der Waals surface area contributed by atoms with Crippen LogP contribution in [0.15, 0.2) is 109 Å². The summed E-state index contributed by atoms with van der Waals surface area (Å²) in [5.74, 6) is 0.370. The van der Waals surface area contributed by atoms with Gasteiger partial charge in [-0.05, 0) is 69.8 Å². The third-order valence-electron chi connectivity index (χ3n) is 5.06. The van der Waals surface area contributed by atoms with E-state index in [-0.39, 0.29) is 17.3 Å². The molecular formula is C29H22O3. The molecule has 0 bridgehead atoms. The van der Waals surface area contributed by atoms with Crippen LogP contribution < -0.4 is 0 Å². The van der Waals surface area contributed by atoms with E-state index in [1.54, 1.807) is 48.6 Å². The van der Waals surface area contributed by atoms with Gasteiger partial charge in [0.25, 0.3) is 0 Å². The fraction of sp³-hybridized carbons (Fsp3) is 0. The van der Waals surface area contributed by atoms with Gasteiger partial charge in [-0.25, -0.2) is 0 Å². The van der Waals surface area contributed by atoms with Crippen LogP contribution in [0.1, 0.15) is 11.1 Å². The first kappa shape index (κ1) is 20.9. The van der Waals surface area contributed by atoms with Gasteiger partial charge in [0.15, 0.2) is 5.78 Å². The smallest absolute Gasteiger partial charge is 0.178 e. The van der Waals surface area contributed by atoms with Gasteiger partial charge < -0.3 is 10.2 Å². The predicted octanol–water partition coefficient (Wildman–Crippen LogP) is 6.73. The Balaban J connectivity index is 1.37. The Labute approximate surface area is 187 Å². The molecule has 0 atom stereocenters. The highest BCUT2D eigenvalue weighted by atomic mass is 16.3. The zero-order chi connectivity index (χ0) is 22.3. The van der Waals surface area contributed by atoms with Crippen molar-refractivity contribution in [3.05, 3.63) is 120 Å². The first-order valence-corrected chi connectivity index (χ1v) is 10.3. The average Bonchev–Trinajstić information content (AvgIpc) is 2.82. The van der Waals surface area contributed by atoms with Crippen LogP contribution in [-0.4, -0.2) is 16.0 Å². The minimum absolute atomic E-state index is 0.0980. The molecule has 0 saturated heterocycles. The lowest BCUT2D eigenvalue weighted by Gasteiger charge is -2.03. The van der Waals surface area contributed by atoms with Gasteiger partial charge >= 0.3 is 0 Å². The summed E-state index contributed by atoms with van der Waals surface area (Å²) in [6.07, 6.45) is 6.65. The number of allylic oxidation sites excluding steroid dienone is 2. The number of rotatable bonds is 6. The molecule has 0 aliphatic rings. The number of phenolic OH excluding ortho intramolecular Hbond substituents is 2. The van der Waals surface area contributed by atoms with Gasteiger partial charge in [-0.1, -0.05) is 84.9 Å². The van der Waals surface area contributed by atoms with Crippen LogP contribution in [-0.2, 0) is 4.79 Å². The van der Waals surface area contributed by atoms with Crippen molar-refractivity contribution in [2.45, 2.75) is 0 Å². The van der Waals surface area contributed by atoms with E-state index in [1.165, 1.54) is 0 Å². The average molecular weight is 418 g/mol. The Kier molecular flexibility index (Phi) is 6.28. The third kappa shape index (κ3) is 5.41. The largest absolute Gasteiger partial charge is 0.508 e. The molecule has 0 aliphatic heterocycles. The summed E-state index contributed by atoms with van der Waals surface area (Å²) in [5, 5.41) is 19.2. The van der Waals surface area contributed by atoms with E-state index < -0.39 is 0 Å². The lowest BCUT2D eigenvalue weighted by Crippen LogP contribution is -1.85. The molecule has 0 aromatic heterocycles. The van der Waals surface area contributed by atoms with Crippen molar-refractivity contribution in [3.63, 3.8) is 0 Å². The highest BCUT2D eigenvalue weighted by Gasteiger charge is 2.00. The number of phenols is 2. The summed E-state index contributed by atoms with van der Waals surface area (Å²) < 4.78 is 0. The second kappa shape index (κ2) is 9.63. The number of aromatic hydroxyl groups is 2. The maximum atomic E-state index is 12.2. The van der Waals surface area contributed by atoms with Crippen molar-refractivity contribution < 1.29 is 15.0 Å². The first-order valence-electron chi connectivity index (χ1n) is 10.3. The predicted molar refractivity (Wildman–Crippen MR) is 130 cm³/mol. The standard InChI is InChI=1S/C29H22O3/c30-27(17-11-21-7-13-23(14-8-21)25-3-1-5-28(31)19-25)18-12-22-9-15-24(16-10-22)26-4-2-6-29(32)20-26/h1-20,31-32H/b17-11+,18-12+. The lowest BCUT2D eigenvalue weighted by atomic mass is 10.0. The van der Waals surface area contributed by atoms with E-state index in [4.69, 9.17) is 0 Å². The van der Waals surface area contributed by atoms with Crippen LogP contribution in [0.2, 0.25) is 0 Å². The summed E-state index contributed by atoms with van der Waals surface area (Å²) in [5.41, 5.74) is 5.72. The normalized spacial score (nSPS) is 11.2. The molecule has 0 heterocycles. The maximum Gasteiger partial charge on any atom is 0.178 e. The molecule has 0 saturated carbocycles. The molecule has 4 aromatic carbocycles. The molecular weight excluding hydrogens is 396 g/mol. The summed E-state index contributed by atoms with van der Waals surface area (Å²) in [6.45, 7) is 0. The van der Waals surface area contributed by atoms with Gasteiger partial charge in [0, 0.05) is 0 Å². The minimum Gasteiger partial charge on any atom is -0.508 e. The van der Waals surface area contributed by atoms with Gasteiger partial charge in [0.2, 0.25) is 0 Å². The highest BCUT2D eigenvalue weighted by molar-refractivity contribution is 6.04. The number of carbonyl (C=O) groups excluding carboxylic acids is 1. The minimum atomic E-state index is -0.0980. The molecule has 4 rings (SSSR count). The molecule has 0 amide bonds. The molecule has 0 aliphatic carbocycles. The van der Waals surface area contributed by atoms with Gasteiger partial charge in [0.05, 0.1) is 0 Å². The Bertz CT molecular complexity index is 1180. The fourth-order valence-electron chi connectivity index (χ4n) is 3.36. The summed E-state index contributed by atoms with van der Waals surface area (Å²) in [7, 11) is 0. The van der Waals surface area contributed by atoms with Gasteiger partial charge in [-0.3, -0.25) is 4.79 Å². The summed E-state index contributed by atoms with van der Waals surface area (Å²) >= 11 is 0. The van der Waals surface area contributed by atoms with E-state index in [9.17, 15) is 15.0 Å². The lowest BCUT2D eigenvalue weighted by molar-refractivity contribution is -0.110. The molecule has 0 radical (unpaired) electrons. The number of hydrogen-bond donors (Lipinski definition) is 2. The van der Waals surface area contributed by atoms with Gasteiger partial charge in [0.1, 0.15) is 11.5 Å². The molecule has 32 heavy (non-hydrogen) atoms. The van der Waals surface area contributed by atoms with E-state index in [2.05, 4.69) is 0 Å². The van der Waals surface area contributed by atoms with Gasteiger partial charge in [-0.2, -0.15) is 0 Å². The molecule has 0 fully saturated rings. The van der Waals surface area contributed by atoms with Crippen LogP contribution in [0, 0.1) is 0 Å². The molecule has 2 N–H and O–H groups in total. The molecule has 4 aromatic rings. The number of benzene rings is 4. The maximum absolute atomic E-state index is 12.2. The zero-order valence-electron chi connectivity index (χ0n) is 17.3. The Morgan fingerprint density at radius 2 is 0.938 bits per heavy atom. The molecule has 0 spiro atoms. The van der Waals surface area contributed by atoms with Crippen LogP contribution in [0.25, 0.3) is 34.4 Å². The van der Waals surface area contributed by atoms with Crippen molar-refractivity contribution in [3.8, 4) is 33.8 Å². The number of ketones is 1. The van der Waals surface area contributed by atoms with Crippen LogP contribution >= 0.6 is 0 Å². The van der Waals surface area contributed by atoms with E-state index in [0.717, 1.165) is 33.4 Å². The van der Waals surface area contributed by atoms with Crippen molar-refractivity contribution in [1.29, 1.82) is 0 Å². The number of hydrogen-bond acceptors (Lipinski definition) is 3. The van der Waals surface area contributed by atoms with Crippen LogP contribution in [0.4, 0.5) is 0 Å². The monoisotopic (exact) mass is 418 g/mol. The number of carbonyl (C=O) groups is 1. The molecule has 3 nitrogen and oxygen atoms in total. The molecule has 0 unspecified atom stereocenters. The fourth-order valence-corrected chi connectivity index (χ4v) is 3.36. The van der Waals surface area contributed by atoms with Crippen molar-refractivity contribution in [2.24, 2.45) is 0 Å². The Morgan fingerprint density at radius 3 is 1.31 bits per heavy atom. The molecule has 156 valence electrons. The highest BCUT2D eigenvalue weighted by Crippen LogP contribution is 2.25.